The fraction of sp³-hybridized carbons (Fsp3) is 0.0882. The highest BCUT2D eigenvalue weighted by Gasteiger charge is 2.34. The van der Waals surface area contributed by atoms with E-state index in [1.54, 1.807) is 12.1 Å². The van der Waals surface area contributed by atoms with Gasteiger partial charge in [0.1, 0.15) is 5.75 Å². The Kier molecular flexibility index (Phi) is 4.67. The van der Waals surface area contributed by atoms with E-state index in [0.717, 1.165) is 17.1 Å². The first-order valence-corrected chi connectivity index (χ1v) is 12.7. The lowest BCUT2D eigenvalue weighted by Gasteiger charge is -2.34. The van der Waals surface area contributed by atoms with Gasteiger partial charge in [0, 0.05) is 33.2 Å². The average Bonchev–Trinajstić information content (AvgIpc) is 3.28. The quantitative estimate of drug-likeness (QED) is 0.270. The van der Waals surface area contributed by atoms with Crippen LogP contribution < -0.4 is 4.90 Å². The van der Waals surface area contributed by atoms with Gasteiger partial charge < -0.3 is 14.6 Å². The summed E-state index contributed by atoms with van der Waals surface area (Å²) >= 11 is 0. The van der Waals surface area contributed by atoms with E-state index in [2.05, 4.69) is 90.0 Å². The molecule has 0 radical (unpaired) electrons. The number of aromatic nitrogens is 1. The molecule has 4 nitrogen and oxygen atoms in total. The fourth-order valence-electron chi connectivity index (χ4n) is 6.03. The number of aromatic hydroxyl groups is 1. The second-order valence-corrected chi connectivity index (χ2v) is 10.4. The summed E-state index contributed by atoms with van der Waals surface area (Å²) in [5.41, 5.74) is 9.69. The van der Waals surface area contributed by atoms with Crippen LogP contribution in [0.15, 0.2) is 109 Å². The number of para-hydroxylation sites is 2. The summed E-state index contributed by atoms with van der Waals surface area (Å²) in [6, 6.07) is 39.0. The Balaban J connectivity index is 1.51. The normalized spacial score (nSPS) is 13.3. The van der Waals surface area contributed by atoms with Crippen LogP contribution in [0.4, 0.5) is 17.1 Å². The molecule has 0 atom stereocenters. The van der Waals surface area contributed by atoms with Crippen LogP contribution in [0.25, 0.3) is 27.5 Å². The second-order valence-electron chi connectivity index (χ2n) is 10.4. The summed E-state index contributed by atoms with van der Waals surface area (Å²) < 4.78 is 2.41. The minimum atomic E-state index is -0.107. The fourth-order valence-corrected chi connectivity index (χ4v) is 6.03. The Labute approximate surface area is 221 Å². The molecule has 0 saturated heterocycles. The third-order valence-corrected chi connectivity index (χ3v) is 7.88. The van der Waals surface area contributed by atoms with Crippen molar-refractivity contribution < 1.29 is 5.11 Å². The first-order valence-electron chi connectivity index (χ1n) is 12.7. The summed E-state index contributed by atoms with van der Waals surface area (Å²) in [6.45, 7) is 4.62. The van der Waals surface area contributed by atoms with Crippen molar-refractivity contribution in [2.75, 3.05) is 4.90 Å². The highest BCUT2D eigenvalue weighted by molar-refractivity contribution is 6.12. The number of hydrogen-bond donors (Lipinski definition) is 1. The van der Waals surface area contributed by atoms with Crippen LogP contribution in [0.2, 0.25) is 0 Å². The standard InChI is InChI=1S/C34H25N3O/c1-34(2)29-7-3-4-9-32(29)37-31-19-16-25(20-28(31)27-6-5-8-30(34)33(27)37)36(24-14-17-26(38)18-15-24)23-12-10-22(21-35)11-13-23/h3-20,38H,1-2H3. The molecule has 4 heteroatoms. The predicted molar refractivity (Wildman–Crippen MR) is 154 cm³/mol. The maximum absolute atomic E-state index is 9.93. The maximum Gasteiger partial charge on any atom is 0.115 e. The molecule has 5 aromatic carbocycles. The Bertz CT molecular complexity index is 1910. The van der Waals surface area contributed by atoms with Crippen LogP contribution in [0.3, 0.4) is 0 Å². The van der Waals surface area contributed by atoms with Crippen molar-refractivity contribution in [3.05, 3.63) is 126 Å². The molecule has 0 spiro atoms. The third-order valence-electron chi connectivity index (χ3n) is 7.88. The van der Waals surface area contributed by atoms with Crippen LogP contribution in [-0.2, 0) is 5.41 Å². The summed E-state index contributed by atoms with van der Waals surface area (Å²) in [5, 5.41) is 21.7. The number of anilines is 3. The maximum atomic E-state index is 9.93. The van der Waals surface area contributed by atoms with E-state index in [-0.39, 0.29) is 11.2 Å². The largest absolute Gasteiger partial charge is 0.508 e. The van der Waals surface area contributed by atoms with E-state index < -0.39 is 0 Å². The summed E-state index contributed by atoms with van der Waals surface area (Å²) in [4.78, 5) is 2.16. The van der Waals surface area contributed by atoms with Gasteiger partial charge in [-0.2, -0.15) is 5.26 Å². The molecule has 0 fully saturated rings. The lowest BCUT2D eigenvalue weighted by atomic mass is 9.75. The average molecular weight is 492 g/mol. The van der Waals surface area contributed by atoms with Crippen molar-refractivity contribution in [1.29, 1.82) is 5.26 Å². The second kappa shape index (κ2) is 7.99. The van der Waals surface area contributed by atoms with Gasteiger partial charge in [-0.25, -0.2) is 0 Å². The molecule has 0 saturated carbocycles. The third kappa shape index (κ3) is 3.09. The predicted octanol–water partition coefficient (Wildman–Crippen LogP) is 8.47. The number of hydrogen-bond acceptors (Lipinski definition) is 3. The molecular weight excluding hydrogens is 466 g/mol. The molecule has 0 amide bonds. The highest BCUT2D eigenvalue weighted by atomic mass is 16.3. The van der Waals surface area contributed by atoms with Gasteiger partial charge in [0.05, 0.1) is 28.4 Å². The highest BCUT2D eigenvalue weighted by Crippen LogP contribution is 2.48. The topological polar surface area (TPSA) is 52.2 Å². The molecule has 1 N–H and O–H groups in total. The Morgan fingerprint density at radius 1 is 0.711 bits per heavy atom. The number of rotatable bonds is 3. The zero-order valence-corrected chi connectivity index (χ0v) is 21.2. The Morgan fingerprint density at radius 2 is 1.37 bits per heavy atom. The van der Waals surface area contributed by atoms with E-state index >= 15 is 0 Å². The number of fused-ring (bicyclic) bond motifs is 5. The number of nitriles is 1. The number of nitrogens with zero attached hydrogens (tertiary/aromatic N) is 3. The van der Waals surface area contributed by atoms with Gasteiger partial charge in [0.2, 0.25) is 0 Å². The van der Waals surface area contributed by atoms with Crippen molar-refractivity contribution >= 4 is 38.9 Å². The minimum Gasteiger partial charge on any atom is -0.508 e. The summed E-state index contributed by atoms with van der Waals surface area (Å²) in [7, 11) is 0. The van der Waals surface area contributed by atoms with Crippen LogP contribution in [-0.4, -0.2) is 9.67 Å². The molecule has 0 aliphatic carbocycles. The Morgan fingerprint density at radius 3 is 2.11 bits per heavy atom. The first-order chi connectivity index (χ1) is 18.5. The van der Waals surface area contributed by atoms with E-state index in [1.165, 1.54) is 38.6 Å². The molecule has 1 aliphatic heterocycles. The van der Waals surface area contributed by atoms with E-state index in [4.69, 9.17) is 0 Å². The number of benzene rings is 5. The van der Waals surface area contributed by atoms with Crippen molar-refractivity contribution in [3.63, 3.8) is 0 Å². The van der Waals surface area contributed by atoms with Gasteiger partial charge in [0.25, 0.3) is 0 Å². The molecule has 182 valence electrons. The summed E-state index contributed by atoms with van der Waals surface area (Å²) in [5.74, 6) is 0.222. The lowest BCUT2D eigenvalue weighted by Crippen LogP contribution is -2.26. The lowest BCUT2D eigenvalue weighted by molar-refractivity contribution is 0.475. The molecule has 0 bridgehead atoms. The Hall–Kier alpha value is -5.01. The van der Waals surface area contributed by atoms with Gasteiger partial charge in [-0.05, 0) is 83.9 Å². The summed E-state index contributed by atoms with van der Waals surface area (Å²) in [6.07, 6.45) is 0. The van der Waals surface area contributed by atoms with Gasteiger partial charge in [-0.15, -0.1) is 0 Å². The van der Waals surface area contributed by atoms with E-state index in [9.17, 15) is 10.4 Å². The molecule has 38 heavy (non-hydrogen) atoms. The van der Waals surface area contributed by atoms with Crippen LogP contribution in [0.5, 0.6) is 5.75 Å². The monoisotopic (exact) mass is 491 g/mol. The van der Waals surface area contributed by atoms with Gasteiger partial charge in [-0.3, -0.25) is 0 Å². The molecule has 6 aromatic rings. The van der Waals surface area contributed by atoms with Gasteiger partial charge in [0.15, 0.2) is 0 Å². The SMILES string of the molecule is CC1(C)c2ccccc2-n2c3ccc(N(c4ccc(O)cc4)c4ccc(C#N)cc4)cc3c3cccc1c32. The number of phenols is 1. The molecule has 1 aromatic heterocycles. The van der Waals surface area contributed by atoms with Crippen molar-refractivity contribution in [3.8, 4) is 17.5 Å². The minimum absolute atomic E-state index is 0.107. The zero-order valence-electron chi connectivity index (χ0n) is 21.2. The molecular formula is C34H25N3O. The molecule has 7 rings (SSSR count). The molecule has 0 unspecified atom stereocenters. The van der Waals surface area contributed by atoms with E-state index in [0.29, 0.717) is 5.56 Å². The van der Waals surface area contributed by atoms with Crippen molar-refractivity contribution in [1.82, 2.24) is 4.57 Å². The van der Waals surface area contributed by atoms with Crippen molar-refractivity contribution in [2.45, 2.75) is 19.3 Å². The zero-order chi connectivity index (χ0) is 26.0. The van der Waals surface area contributed by atoms with Crippen LogP contribution >= 0.6 is 0 Å². The van der Waals surface area contributed by atoms with Crippen LogP contribution in [0, 0.1) is 11.3 Å². The molecule has 1 aliphatic rings. The molecule has 2 heterocycles. The van der Waals surface area contributed by atoms with Crippen LogP contribution in [0.1, 0.15) is 30.5 Å². The number of phenolic OH excluding ortho intramolecular Hbond substituents is 1. The van der Waals surface area contributed by atoms with Gasteiger partial charge >= 0.3 is 0 Å². The smallest absolute Gasteiger partial charge is 0.115 e. The van der Waals surface area contributed by atoms with Crippen molar-refractivity contribution in [2.24, 2.45) is 0 Å². The van der Waals surface area contributed by atoms with E-state index in [1.807, 2.05) is 36.4 Å². The first kappa shape index (κ1) is 22.2. The van der Waals surface area contributed by atoms with Gasteiger partial charge in [-0.1, -0.05) is 50.2 Å².